The Balaban J connectivity index is 1.23. The van der Waals surface area contributed by atoms with Gasteiger partial charge >= 0.3 is 17.9 Å². The van der Waals surface area contributed by atoms with Crippen LogP contribution in [0.5, 0.6) is 5.75 Å². The summed E-state index contributed by atoms with van der Waals surface area (Å²) in [5.41, 5.74) is -0.271. The Morgan fingerprint density at radius 3 is 2.29 bits per heavy atom. The van der Waals surface area contributed by atoms with Gasteiger partial charge in [0.25, 0.3) is 0 Å². The quantitative estimate of drug-likeness (QED) is 0.0876. The average molecular weight is 774 g/mol. The molecule has 5 fully saturated rings. The van der Waals surface area contributed by atoms with Gasteiger partial charge in [0.15, 0.2) is 5.79 Å². The normalized spacial score (nSPS) is 36.5. The second-order valence-electron chi connectivity index (χ2n) is 19.5. The third kappa shape index (κ3) is 6.22. The van der Waals surface area contributed by atoms with E-state index in [0.29, 0.717) is 44.0 Å². The molecule has 0 bridgehead atoms. The number of carboxylic acids is 2. The molecule has 304 valence electrons. The summed E-state index contributed by atoms with van der Waals surface area (Å²) in [5, 5.41) is 32.7. The fraction of sp³-hybridized carbons (Fsp3) is 0.644. The van der Waals surface area contributed by atoms with Crippen LogP contribution in [0.3, 0.4) is 0 Å². The Bertz CT molecular complexity index is 1890. The van der Waals surface area contributed by atoms with E-state index in [9.17, 15) is 29.4 Å². The lowest BCUT2D eigenvalue weighted by Gasteiger charge is -2.72. The van der Waals surface area contributed by atoms with Gasteiger partial charge in [0, 0.05) is 46.7 Å². The van der Waals surface area contributed by atoms with Gasteiger partial charge in [0.1, 0.15) is 12.4 Å². The Labute approximate surface area is 329 Å². The fourth-order valence-electron chi connectivity index (χ4n) is 13.2. The molecule has 4 saturated carbocycles. The van der Waals surface area contributed by atoms with Crippen LogP contribution < -0.4 is 5.32 Å². The molecule has 5 aliphatic carbocycles. The monoisotopic (exact) mass is 773 g/mol. The molecule has 1 heterocycles. The van der Waals surface area contributed by atoms with E-state index in [-0.39, 0.29) is 51.5 Å². The number of benzene rings is 1. The molecule has 7 rings (SSSR count). The number of phenols is 1. The molecule has 1 saturated heterocycles. The highest BCUT2D eigenvalue weighted by Crippen LogP contribution is 2.77. The number of hydrogen-bond acceptors (Lipinski definition) is 8. The second kappa shape index (κ2) is 13.9. The largest absolute Gasteiger partial charge is 0.508 e. The number of carboxylic acid groups (broad SMARTS) is 2. The molecule has 0 radical (unpaired) electrons. The molecule has 11 nitrogen and oxygen atoms in total. The minimum absolute atomic E-state index is 0.0326. The summed E-state index contributed by atoms with van der Waals surface area (Å²) < 4.78 is 19.2. The van der Waals surface area contributed by atoms with Gasteiger partial charge in [0.2, 0.25) is 5.91 Å². The molecule has 1 amide bonds. The number of aliphatic carboxylic acids is 2. The van der Waals surface area contributed by atoms with Crippen molar-refractivity contribution in [1.82, 2.24) is 0 Å². The number of carbonyl (C=O) groups is 4. The van der Waals surface area contributed by atoms with Gasteiger partial charge in [-0.2, -0.15) is 0 Å². The molecule has 6 aliphatic rings. The third-order valence-electron chi connectivity index (χ3n) is 16.1. The summed E-state index contributed by atoms with van der Waals surface area (Å²) in [6, 6.07) is 4.23. The molecule has 11 heteroatoms. The first-order valence-electron chi connectivity index (χ1n) is 20.4. The number of allylic oxidation sites excluding steroid dienone is 1. The highest BCUT2D eigenvalue weighted by Gasteiger charge is 2.73. The number of fused-ring (bicyclic) bond motifs is 7. The van der Waals surface area contributed by atoms with Crippen LogP contribution in [0, 0.1) is 50.2 Å². The van der Waals surface area contributed by atoms with Crippen molar-refractivity contribution < 1.29 is 48.7 Å². The number of phenolic OH excluding ortho intramolecular Hbond substituents is 1. The zero-order valence-electron chi connectivity index (χ0n) is 33.7. The standard InChI is InChI=1S/C45H59NO10/c1-39(2)17-19-43(38(52)53)20-21-44(27-54-37(51)14-7-28-25-29(47)8-10-32(28)46-35(48)12-13-36(49)50)30(31(43)26-39)9-11-34-41(5)18-22-45(55-23-24-56-45)40(3,4)33(41)15-16-42(34,44)6/h7-10,12-14,25,31,33-34,47H,11,15-24,26-27H2,1-6H3,(H,46,48)(H,49,50)(H,52,53)/t31?,33?,34?,41-,42+,43-,44-/m0/s1. The molecule has 7 atom stereocenters. The van der Waals surface area contributed by atoms with Crippen molar-refractivity contribution in [2.45, 2.75) is 112 Å². The van der Waals surface area contributed by atoms with Crippen LogP contribution in [-0.2, 0) is 33.4 Å². The maximum absolute atomic E-state index is 13.8. The summed E-state index contributed by atoms with van der Waals surface area (Å²) in [5.74, 6) is -3.52. The summed E-state index contributed by atoms with van der Waals surface area (Å²) in [4.78, 5) is 50.4. The van der Waals surface area contributed by atoms with E-state index in [4.69, 9.17) is 19.3 Å². The molecule has 4 N–H and O–H groups in total. The lowest BCUT2D eigenvalue weighted by Crippen LogP contribution is -2.68. The Morgan fingerprint density at radius 1 is 0.875 bits per heavy atom. The molecular formula is C45H59NO10. The second-order valence-corrected chi connectivity index (χ2v) is 19.5. The summed E-state index contributed by atoms with van der Waals surface area (Å²) in [6.07, 6.45) is 14.6. The van der Waals surface area contributed by atoms with Crippen molar-refractivity contribution in [3.8, 4) is 5.75 Å². The van der Waals surface area contributed by atoms with E-state index in [2.05, 4.69) is 52.9 Å². The minimum Gasteiger partial charge on any atom is -0.508 e. The van der Waals surface area contributed by atoms with Gasteiger partial charge in [-0.1, -0.05) is 53.2 Å². The Kier molecular flexibility index (Phi) is 9.96. The first-order valence-corrected chi connectivity index (χ1v) is 20.4. The molecule has 0 aromatic heterocycles. The zero-order valence-corrected chi connectivity index (χ0v) is 33.7. The first kappa shape index (κ1) is 40.2. The van der Waals surface area contributed by atoms with Crippen LogP contribution in [0.25, 0.3) is 6.08 Å². The number of carbonyl (C=O) groups excluding carboxylic acids is 2. The fourth-order valence-corrected chi connectivity index (χ4v) is 13.2. The molecule has 1 aromatic rings. The van der Waals surface area contributed by atoms with E-state index < -0.39 is 40.4 Å². The van der Waals surface area contributed by atoms with E-state index in [1.165, 1.54) is 30.4 Å². The van der Waals surface area contributed by atoms with Gasteiger partial charge < -0.3 is 34.8 Å². The summed E-state index contributed by atoms with van der Waals surface area (Å²) >= 11 is 0. The topological polar surface area (TPSA) is 169 Å². The number of nitrogens with one attached hydrogen (secondary N) is 1. The Morgan fingerprint density at radius 2 is 1.59 bits per heavy atom. The van der Waals surface area contributed by atoms with E-state index in [0.717, 1.165) is 62.7 Å². The average Bonchev–Trinajstić information content (AvgIpc) is 3.62. The van der Waals surface area contributed by atoms with Crippen molar-refractivity contribution in [2.75, 3.05) is 25.1 Å². The maximum Gasteiger partial charge on any atom is 0.330 e. The summed E-state index contributed by atoms with van der Waals surface area (Å²) in [7, 11) is 0. The smallest absolute Gasteiger partial charge is 0.330 e. The first-order chi connectivity index (χ1) is 26.2. The van der Waals surface area contributed by atoms with Crippen molar-refractivity contribution >= 4 is 35.6 Å². The van der Waals surface area contributed by atoms with E-state index in [1.807, 2.05) is 0 Å². The van der Waals surface area contributed by atoms with Gasteiger partial charge in [-0.25, -0.2) is 9.59 Å². The number of esters is 1. The lowest BCUT2D eigenvalue weighted by molar-refractivity contribution is -0.308. The summed E-state index contributed by atoms with van der Waals surface area (Å²) in [6.45, 7) is 15.3. The predicted octanol–water partition coefficient (Wildman–Crippen LogP) is 8.14. The van der Waals surface area contributed by atoms with Crippen LogP contribution in [0.2, 0.25) is 0 Å². The molecule has 3 unspecified atom stereocenters. The number of aromatic hydroxyl groups is 1. The molecule has 1 aliphatic heterocycles. The van der Waals surface area contributed by atoms with E-state index in [1.54, 1.807) is 0 Å². The zero-order chi connectivity index (χ0) is 40.5. The van der Waals surface area contributed by atoms with Gasteiger partial charge in [-0.3, -0.25) is 9.59 Å². The maximum atomic E-state index is 13.8. The van der Waals surface area contributed by atoms with Crippen LogP contribution in [0.4, 0.5) is 5.69 Å². The number of rotatable bonds is 8. The van der Waals surface area contributed by atoms with Gasteiger partial charge in [0.05, 0.1) is 18.6 Å². The van der Waals surface area contributed by atoms with Crippen LogP contribution in [0.1, 0.15) is 111 Å². The van der Waals surface area contributed by atoms with Crippen LogP contribution in [0.15, 0.2) is 48.1 Å². The van der Waals surface area contributed by atoms with Crippen molar-refractivity contribution in [3.63, 3.8) is 0 Å². The number of hydrogen-bond donors (Lipinski definition) is 4. The van der Waals surface area contributed by atoms with Crippen LogP contribution >= 0.6 is 0 Å². The highest BCUT2D eigenvalue weighted by molar-refractivity contribution is 6.03. The van der Waals surface area contributed by atoms with E-state index >= 15 is 0 Å². The molecule has 56 heavy (non-hydrogen) atoms. The Hall–Kier alpha value is -3.96. The number of amides is 1. The van der Waals surface area contributed by atoms with Crippen LogP contribution in [-0.4, -0.2) is 64.7 Å². The van der Waals surface area contributed by atoms with Gasteiger partial charge in [-0.05, 0) is 116 Å². The SMILES string of the molecule is CC1(C)CC[C@]2(C(=O)O)CC[C@]3(COC(=O)C=Cc4cc(O)ccc4NC(=O)C=CC(=O)O)C(=CCC4[C@@]5(C)CCC6(OCCO6)C(C)(C)C5CC[C@]43C)C2C1. The predicted molar refractivity (Wildman–Crippen MR) is 209 cm³/mol. The van der Waals surface area contributed by atoms with Crippen molar-refractivity contribution in [1.29, 1.82) is 0 Å². The lowest BCUT2D eigenvalue weighted by atomic mass is 9.33. The minimum atomic E-state index is -1.27. The van der Waals surface area contributed by atoms with Gasteiger partial charge in [-0.15, -0.1) is 0 Å². The molecule has 1 spiro atoms. The number of ether oxygens (including phenoxy) is 3. The highest BCUT2D eigenvalue weighted by atomic mass is 16.7. The molecular weight excluding hydrogens is 714 g/mol. The molecule has 1 aromatic carbocycles. The third-order valence-corrected chi connectivity index (χ3v) is 16.1. The number of anilines is 1. The van der Waals surface area contributed by atoms with Crippen molar-refractivity contribution in [3.05, 3.63) is 53.6 Å². The van der Waals surface area contributed by atoms with Crippen molar-refractivity contribution in [2.24, 2.45) is 50.2 Å².